The molecule has 0 saturated heterocycles. The van der Waals surface area contributed by atoms with Gasteiger partial charge in [-0.05, 0) is 12.0 Å². The van der Waals surface area contributed by atoms with Gasteiger partial charge in [-0.25, -0.2) is 13.6 Å². The van der Waals surface area contributed by atoms with E-state index in [1.807, 2.05) is 13.0 Å². The Morgan fingerprint density at radius 1 is 1.29 bits per heavy atom. The Balaban J connectivity index is 0.000000366. The number of rotatable bonds is 4. The van der Waals surface area contributed by atoms with E-state index in [2.05, 4.69) is 0 Å². The van der Waals surface area contributed by atoms with E-state index in [0.29, 0.717) is 6.42 Å². The van der Waals surface area contributed by atoms with Crippen molar-refractivity contribution in [2.45, 2.75) is 25.5 Å². The second-order valence-electron chi connectivity index (χ2n) is 3.44. The first-order valence-corrected chi connectivity index (χ1v) is 6.83. The molecule has 0 aliphatic carbocycles. The molecule has 1 aromatic rings. The van der Waals surface area contributed by atoms with Gasteiger partial charge in [-0.15, -0.1) is 0 Å². The van der Waals surface area contributed by atoms with E-state index in [1.54, 1.807) is 24.3 Å². The van der Waals surface area contributed by atoms with E-state index < -0.39 is 16.0 Å². The zero-order chi connectivity index (χ0) is 13.3. The first kappa shape index (κ1) is 15.6. The van der Waals surface area contributed by atoms with Gasteiger partial charge >= 0.3 is 5.97 Å². The largest absolute Gasteiger partial charge is 0.481 e. The smallest absolute Gasteiger partial charge is 0.303 e. The maximum atomic E-state index is 10.6. The predicted molar refractivity (Wildman–Crippen MR) is 65.8 cm³/mol. The summed E-state index contributed by atoms with van der Waals surface area (Å²) in [6.45, 7) is 1.84. The molecule has 6 heteroatoms. The van der Waals surface area contributed by atoms with Gasteiger partial charge in [0.25, 0.3) is 0 Å². The van der Waals surface area contributed by atoms with Crippen LogP contribution in [0.5, 0.6) is 0 Å². The van der Waals surface area contributed by atoms with Crippen LogP contribution in [0.4, 0.5) is 0 Å². The van der Waals surface area contributed by atoms with Crippen molar-refractivity contribution in [3.05, 3.63) is 35.9 Å². The lowest BCUT2D eigenvalue weighted by Gasteiger charge is -1.96. The number of sulfonamides is 1. The van der Waals surface area contributed by atoms with Crippen molar-refractivity contribution in [2.75, 3.05) is 0 Å². The molecule has 5 nitrogen and oxygen atoms in total. The van der Waals surface area contributed by atoms with Gasteiger partial charge in [0.1, 0.15) is 0 Å². The predicted octanol–water partition coefficient (Wildman–Crippen LogP) is 1.35. The molecular weight excluding hydrogens is 242 g/mol. The molecular formula is C11H17NO4S. The zero-order valence-corrected chi connectivity index (χ0v) is 10.5. The Hall–Kier alpha value is -1.40. The minimum absolute atomic E-state index is 0.0894. The summed E-state index contributed by atoms with van der Waals surface area (Å²) in [7, 11) is -3.38. The summed E-state index contributed by atoms with van der Waals surface area (Å²) in [5.41, 5.74) is 0.718. The van der Waals surface area contributed by atoms with Crippen LogP contribution in [0.15, 0.2) is 30.3 Å². The molecule has 0 bridgehead atoms. The van der Waals surface area contributed by atoms with E-state index >= 15 is 0 Å². The SMILES string of the molecule is CCCC(=O)O.NS(=O)(=O)Cc1ccccc1. The molecule has 0 heterocycles. The number of carboxylic acid groups (broad SMARTS) is 1. The van der Waals surface area contributed by atoms with Gasteiger partial charge in [0.2, 0.25) is 10.0 Å². The van der Waals surface area contributed by atoms with Crippen LogP contribution >= 0.6 is 0 Å². The number of nitrogens with two attached hydrogens (primary N) is 1. The van der Waals surface area contributed by atoms with Crippen LogP contribution in [-0.2, 0) is 20.6 Å². The summed E-state index contributed by atoms with van der Waals surface area (Å²) >= 11 is 0. The molecule has 0 atom stereocenters. The van der Waals surface area contributed by atoms with E-state index in [4.69, 9.17) is 10.2 Å². The molecule has 0 saturated carbocycles. The van der Waals surface area contributed by atoms with Crippen molar-refractivity contribution in [3.63, 3.8) is 0 Å². The number of primary sulfonamides is 1. The van der Waals surface area contributed by atoms with Crippen molar-refractivity contribution >= 4 is 16.0 Å². The van der Waals surface area contributed by atoms with E-state index in [0.717, 1.165) is 12.0 Å². The van der Waals surface area contributed by atoms with E-state index in [-0.39, 0.29) is 5.75 Å². The molecule has 0 radical (unpaired) electrons. The summed E-state index contributed by atoms with van der Waals surface area (Å²) in [5, 5.41) is 12.8. The van der Waals surface area contributed by atoms with Crippen LogP contribution in [0.1, 0.15) is 25.3 Å². The number of benzene rings is 1. The number of carboxylic acids is 1. The maximum absolute atomic E-state index is 10.6. The summed E-state index contributed by atoms with van der Waals surface area (Å²) in [6.07, 6.45) is 1.02. The van der Waals surface area contributed by atoms with Crippen LogP contribution in [-0.4, -0.2) is 19.5 Å². The Labute approximate surface area is 101 Å². The molecule has 0 fully saturated rings. The van der Waals surface area contributed by atoms with Crippen molar-refractivity contribution < 1.29 is 18.3 Å². The molecule has 0 aliphatic rings. The van der Waals surface area contributed by atoms with Crippen LogP contribution in [0.2, 0.25) is 0 Å². The second-order valence-corrected chi connectivity index (χ2v) is 5.05. The Kier molecular flexibility index (Phi) is 7.16. The van der Waals surface area contributed by atoms with E-state index in [1.165, 1.54) is 0 Å². The lowest BCUT2D eigenvalue weighted by atomic mass is 10.2. The maximum Gasteiger partial charge on any atom is 0.303 e. The van der Waals surface area contributed by atoms with Crippen molar-refractivity contribution in [3.8, 4) is 0 Å². The van der Waals surface area contributed by atoms with E-state index in [9.17, 15) is 13.2 Å². The highest BCUT2D eigenvalue weighted by Gasteiger charge is 2.02. The first-order chi connectivity index (χ1) is 7.85. The Morgan fingerprint density at radius 2 is 1.82 bits per heavy atom. The minimum atomic E-state index is -3.38. The minimum Gasteiger partial charge on any atom is -0.481 e. The molecule has 0 spiro atoms. The van der Waals surface area contributed by atoms with Gasteiger partial charge in [0.15, 0.2) is 0 Å². The molecule has 1 aromatic carbocycles. The summed E-state index contributed by atoms with van der Waals surface area (Å²) in [5.74, 6) is -0.800. The fourth-order valence-electron chi connectivity index (χ4n) is 1.02. The average molecular weight is 259 g/mol. The third-order valence-electron chi connectivity index (χ3n) is 1.67. The monoisotopic (exact) mass is 259 g/mol. The highest BCUT2D eigenvalue weighted by molar-refractivity contribution is 7.88. The van der Waals surface area contributed by atoms with Crippen molar-refractivity contribution in [1.82, 2.24) is 0 Å². The fourth-order valence-corrected chi connectivity index (χ4v) is 1.68. The van der Waals surface area contributed by atoms with Gasteiger partial charge < -0.3 is 5.11 Å². The van der Waals surface area contributed by atoms with Crippen LogP contribution in [0, 0.1) is 0 Å². The molecule has 3 N–H and O–H groups in total. The molecule has 17 heavy (non-hydrogen) atoms. The third-order valence-corrected chi connectivity index (χ3v) is 2.41. The first-order valence-electron chi connectivity index (χ1n) is 5.11. The van der Waals surface area contributed by atoms with Gasteiger partial charge in [-0.2, -0.15) is 0 Å². The number of aliphatic carboxylic acids is 1. The normalized spacial score (nSPS) is 10.2. The summed E-state index contributed by atoms with van der Waals surface area (Å²) in [6, 6.07) is 8.84. The topological polar surface area (TPSA) is 97.5 Å². The highest BCUT2D eigenvalue weighted by Crippen LogP contribution is 2.01. The second kappa shape index (κ2) is 7.81. The molecule has 1 rings (SSSR count). The number of carbonyl (C=O) groups is 1. The molecule has 96 valence electrons. The van der Waals surface area contributed by atoms with Gasteiger partial charge in [0, 0.05) is 6.42 Å². The van der Waals surface area contributed by atoms with Crippen LogP contribution in [0.3, 0.4) is 0 Å². The Morgan fingerprint density at radius 3 is 2.12 bits per heavy atom. The summed E-state index contributed by atoms with van der Waals surface area (Å²) < 4.78 is 21.2. The van der Waals surface area contributed by atoms with Crippen molar-refractivity contribution in [2.24, 2.45) is 5.14 Å². The lowest BCUT2D eigenvalue weighted by molar-refractivity contribution is -0.137. The zero-order valence-electron chi connectivity index (χ0n) is 9.67. The Bertz CT molecular complexity index is 428. The highest BCUT2D eigenvalue weighted by atomic mass is 32.2. The van der Waals surface area contributed by atoms with Gasteiger partial charge in [0.05, 0.1) is 5.75 Å². The summed E-state index contributed by atoms with van der Waals surface area (Å²) in [4.78, 5) is 9.60. The van der Waals surface area contributed by atoms with Crippen LogP contribution in [0.25, 0.3) is 0 Å². The molecule has 0 amide bonds. The van der Waals surface area contributed by atoms with Crippen molar-refractivity contribution in [1.29, 1.82) is 0 Å². The number of hydrogen-bond donors (Lipinski definition) is 2. The average Bonchev–Trinajstić information content (AvgIpc) is 2.17. The molecule has 0 unspecified atom stereocenters. The van der Waals surface area contributed by atoms with Gasteiger partial charge in [-0.1, -0.05) is 37.3 Å². The van der Waals surface area contributed by atoms with Crippen LogP contribution < -0.4 is 5.14 Å². The fraction of sp³-hybridized carbons (Fsp3) is 0.364. The standard InChI is InChI=1S/C7H9NO2S.C4H8O2/c8-11(9,10)6-7-4-2-1-3-5-7;1-2-3-4(5)6/h1-5H,6H2,(H2,8,9,10);2-3H2,1H3,(H,5,6). The third kappa shape index (κ3) is 10.9. The number of hydrogen-bond acceptors (Lipinski definition) is 3. The molecule has 0 aliphatic heterocycles. The molecule has 0 aromatic heterocycles. The quantitative estimate of drug-likeness (QED) is 0.852. The van der Waals surface area contributed by atoms with Gasteiger partial charge in [-0.3, -0.25) is 4.79 Å². The lowest BCUT2D eigenvalue weighted by Crippen LogP contribution is -2.14.